The van der Waals surface area contributed by atoms with Gasteiger partial charge >= 0.3 is 0 Å². The van der Waals surface area contributed by atoms with Crippen LogP contribution in [0.3, 0.4) is 0 Å². The minimum absolute atomic E-state index is 0.0433. The average Bonchev–Trinajstić information content (AvgIpc) is 3.08. The summed E-state index contributed by atoms with van der Waals surface area (Å²) in [5, 5.41) is 0.0603. The molecule has 7 heteroatoms. The highest BCUT2D eigenvalue weighted by atomic mass is 32.2. The van der Waals surface area contributed by atoms with Gasteiger partial charge in [-0.15, -0.1) is 11.8 Å². The molecule has 0 radical (unpaired) electrons. The lowest BCUT2D eigenvalue weighted by molar-refractivity contribution is -0.127. The summed E-state index contributed by atoms with van der Waals surface area (Å²) in [4.78, 5) is 14.2. The first-order chi connectivity index (χ1) is 10.9. The molecule has 2 heterocycles. The van der Waals surface area contributed by atoms with Gasteiger partial charge in [0.15, 0.2) is 9.84 Å². The standard InChI is InChI=1S/C16H22N2O3S2/c17-15-9-18(8-14(15)12-4-2-1-3-5-12)16(19)10-22-13-6-7-23(20,21)11-13/h1-5,13-15H,6-11,17H2/t13?,14-,15+/m0/s1. The zero-order valence-electron chi connectivity index (χ0n) is 12.9. The summed E-state index contributed by atoms with van der Waals surface area (Å²) in [6.45, 7) is 1.22. The third kappa shape index (κ3) is 4.08. The van der Waals surface area contributed by atoms with E-state index in [4.69, 9.17) is 5.73 Å². The molecule has 2 aliphatic heterocycles. The normalized spacial score (nSPS) is 29.8. The summed E-state index contributed by atoms with van der Waals surface area (Å²) < 4.78 is 22.9. The van der Waals surface area contributed by atoms with Gasteiger partial charge in [-0.3, -0.25) is 4.79 Å². The molecular formula is C16H22N2O3S2. The van der Waals surface area contributed by atoms with E-state index in [0.717, 1.165) is 0 Å². The van der Waals surface area contributed by atoms with Crippen LogP contribution in [-0.4, -0.2) is 60.9 Å². The number of thioether (sulfide) groups is 1. The number of rotatable bonds is 4. The quantitative estimate of drug-likeness (QED) is 0.867. The molecule has 3 atom stereocenters. The highest BCUT2D eigenvalue weighted by Gasteiger charge is 2.34. The van der Waals surface area contributed by atoms with Gasteiger partial charge in [-0.2, -0.15) is 0 Å². The second kappa shape index (κ2) is 6.83. The molecule has 5 nitrogen and oxygen atoms in total. The Kier molecular flexibility index (Phi) is 4.98. The van der Waals surface area contributed by atoms with Crippen LogP contribution in [0, 0.1) is 0 Å². The van der Waals surface area contributed by atoms with Crippen LogP contribution >= 0.6 is 11.8 Å². The lowest BCUT2D eigenvalue weighted by atomic mass is 9.95. The minimum atomic E-state index is -2.88. The second-order valence-corrected chi connectivity index (χ2v) is 9.83. The zero-order valence-corrected chi connectivity index (χ0v) is 14.6. The topological polar surface area (TPSA) is 80.5 Å². The van der Waals surface area contributed by atoms with E-state index in [9.17, 15) is 13.2 Å². The number of benzene rings is 1. The summed E-state index contributed by atoms with van der Waals surface area (Å²) >= 11 is 1.47. The van der Waals surface area contributed by atoms with Crippen molar-refractivity contribution >= 4 is 27.5 Å². The Bertz CT molecular complexity index is 663. The van der Waals surface area contributed by atoms with Crippen molar-refractivity contribution in [1.82, 2.24) is 4.90 Å². The van der Waals surface area contributed by atoms with Gasteiger partial charge < -0.3 is 10.6 Å². The van der Waals surface area contributed by atoms with Gasteiger partial charge in [0, 0.05) is 30.3 Å². The Morgan fingerprint density at radius 1 is 1.26 bits per heavy atom. The zero-order chi connectivity index (χ0) is 16.4. The molecule has 23 heavy (non-hydrogen) atoms. The maximum absolute atomic E-state index is 12.4. The van der Waals surface area contributed by atoms with Crippen LogP contribution in [0.25, 0.3) is 0 Å². The van der Waals surface area contributed by atoms with Crippen molar-refractivity contribution in [2.45, 2.75) is 23.6 Å². The number of nitrogens with two attached hydrogens (primary N) is 1. The molecule has 2 N–H and O–H groups in total. The molecule has 0 aromatic heterocycles. The molecule has 1 aromatic rings. The Morgan fingerprint density at radius 3 is 2.65 bits per heavy atom. The van der Waals surface area contributed by atoms with Crippen LogP contribution < -0.4 is 5.73 Å². The molecular weight excluding hydrogens is 332 g/mol. The third-order valence-electron chi connectivity index (χ3n) is 4.58. The number of nitrogens with zero attached hydrogens (tertiary/aromatic N) is 1. The number of hydrogen-bond donors (Lipinski definition) is 1. The fourth-order valence-corrected chi connectivity index (χ4v) is 6.80. The Labute approximate surface area is 141 Å². The summed E-state index contributed by atoms with van der Waals surface area (Å²) in [5.41, 5.74) is 7.38. The highest BCUT2D eigenvalue weighted by Crippen LogP contribution is 2.28. The lowest BCUT2D eigenvalue weighted by Crippen LogP contribution is -2.33. The first-order valence-electron chi connectivity index (χ1n) is 7.85. The van der Waals surface area contributed by atoms with E-state index < -0.39 is 9.84 Å². The van der Waals surface area contributed by atoms with Gasteiger partial charge in [0.05, 0.1) is 17.3 Å². The summed E-state index contributed by atoms with van der Waals surface area (Å²) in [5.74, 6) is 1.04. The van der Waals surface area contributed by atoms with Crippen LogP contribution in [0.5, 0.6) is 0 Å². The van der Waals surface area contributed by atoms with Crippen molar-refractivity contribution in [3.63, 3.8) is 0 Å². The van der Waals surface area contributed by atoms with Gasteiger partial charge in [0.25, 0.3) is 0 Å². The van der Waals surface area contributed by atoms with Crippen molar-refractivity contribution in [3.05, 3.63) is 35.9 Å². The molecule has 0 bridgehead atoms. The van der Waals surface area contributed by atoms with Crippen LogP contribution in [0.2, 0.25) is 0 Å². The molecule has 1 aromatic carbocycles. The summed E-state index contributed by atoms with van der Waals surface area (Å²) in [6, 6.07) is 10.0. The maximum Gasteiger partial charge on any atom is 0.232 e. The molecule has 0 aliphatic carbocycles. The molecule has 2 fully saturated rings. The van der Waals surface area contributed by atoms with Crippen LogP contribution in [-0.2, 0) is 14.6 Å². The van der Waals surface area contributed by atoms with Gasteiger partial charge in [0.1, 0.15) is 0 Å². The van der Waals surface area contributed by atoms with Crippen molar-refractivity contribution in [3.8, 4) is 0 Å². The number of carbonyl (C=O) groups excluding carboxylic acids is 1. The van der Waals surface area contributed by atoms with Crippen LogP contribution in [0.4, 0.5) is 0 Å². The third-order valence-corrected chi connectivity index (χ3v) is 7.85. The molecule has 0 saturated carbocycles. The number of sulfone groups is 1. The fourth-order valence-electron chi connectivity index (χ4n) is 3.26. The highest BCUT2D eigenvalue weighted by molar-refractivity contribution is 8.02. The predicted molar refractivity (Wildman–Crippen MR) is 93.3 cm³/mol. The summed E-state index contributed by atoms with van der Waals surface area (Å²) in [6.07, 6.45) is 0.659. The SMILES string of the molecule is N[C@@H]1CN(C(=O)CSC2CCS(=O)(=O)C2)C[C@H]1c1ccccc1. The van der Waals surface area contributed by atoms with Crippen molar-refractivity contribution in [2.75, 3.05) is 30.3 Å². The van der Waals surface area contributed by atoms with E-state index in [0.29, 0.717) is 25.3 Å². The van der Waals surface area contributed by atoms with E-state index in [1.165, 1.54) is 17.3 Å². The molecule has 126 valence electrons. The molecule has 1 amide bonds. The number of hydrogen-bond acceptors (Lipinski definition) is 5. The van der Waals surface area contributed by atoms with Gasteiger partial charge in [-0.25, -0.2) is 8.42 Å². The molecule has 3 rings (SSSR count). The minimum Gasteiger partial charge on any atom is -0.340 e. The van der Waals surface area contributed by atoms with Crippen molar-refractivity contribution in [1.29, 1.82) is 0 Å². The van der Waals surface area contributed by atoms with Crippen molar-refractivity contribution in [2.24, 2.45) is 5.73 Å². The Hall–Kier alpha value is -1.05. The van der Waals surface area contributed by atoms with E-state index >= 15 is 0 Å². The van der Waals surface area contributed by atoms with Crippen LogP contribution in [0.15, 0.2) is 30.3 Å². The Balaban J connectivity index is 1.53. The van der Waals surface area contributed by atoms with Gasteiger partial charge in [0.2, 0.25) is 5.91 Å². The Morgan fingerprint density at radius 2 is 2.00 bits per heavy atom. The molecule has 0 spiro atoms. The fraction of sp³-hybridized carbons (Fsp3) is 0.562. The molecule has 2 saturated heterocycles. The molecule has 2 aliphatic rings. The number of likely N-dealkylation sites (tertiary alicyclic amines) is 1. The number of amides is 1. The largest absolute Gasteiger partial charge is 0.340 e. The number of carbonyl (C=O) groups is 1. The summed E-state index contributed by atoms with van der Waals surface area (Å²) in [7, 11) is -2.88. The van der Waals surface area contributed by atoms with Crippen LogP contribution in [0.1, 0.15) is 17.9 Å². The maximum atomic E-state index is 12.4. The van der Waals surface area contributed by atoms with Crippen molar-refractivity contribution < 1.29 is 13.2 Å². The van der Waals surface area contributed by atoms with E-state index in [1.807, 2.05) is 23.1 Å². The molecule has 1 unspecified atom stereocenters. The van der Waals surface area contributed by atoms with Gasteiger partial charge in [-0.05, 0) is 12.0 Å². The average molecular weight is 354 g/mol. The van der Waals surface area contributed by atoms with Gasteiger partial charge in [-0.1, -0.05) is 30.3 Å². The smallest absolute Gasteiger partial charge is 0.232 e. The first-order valence-corrected chi connectivity index (χ1v) is 10.7. The van der Waals surface area contributed by atoms with E-state index in [1.54, 1.807) is 0 Å². The van der Waals surface area contributed by atoms with E-state index in [2.05, 4.69) is 12.1 Å². The monoisotopic (exact) mass is 354 g/mol. The first kappa shape index (κ1) is 16.8. The lowest BCUT2D eigenvalue weighted by Gasteiger charge is -2.17. The predicted octanol–water partition coefficient (Wildman–Crippen LogP) is 0.860. The second-order valence-electron chi connectivity index (χ2n) is 6.32. The van der Waals surface area contributed by atoms with E-state index in [-0.39, 0.29) is 34.6 Å².